The highest BCUT2D eigenvalue weighted by atomic mass is 32.1. The molecule has 2 aliphatic rings. The normalized spacial score (nSPS) is 29.6. The highest BCUT2D eigenvalue weighted by Crippen LogP contribution is 2.30. The van der Waals surface area contributed by atoms with Gasteiger partial charge in [-0.05, 0) is 32.2 Å². The Kier molecular flexibility index (Phi) is 2.86. The minimum Gasteiger partial charge on any atom is -0.357 e. The third-order valence-electron chi connectivity index (χ3n) is 3.83. The number of hydrogen-bond acceptors (Lipinski definition) is 4. The zero-order valence-electron chi connectivity index (χ0n) is 9.78. The molecule has 0 aromatic carbocycles. The fraction of sp³-hybridized carbons (Fsp3) is 0.750. The molecule has 16 heavy (non-hydrogen) atoms. The molecule has 2 fully saturated rings. The molecule has 0 aliphatic carbocycles. The molecule has 1 N–H and O–H groups in total. The van der Waals surface area contributed by atoms with Gasteiger partial charge in [0, 0.05) is 24.0 Å². The molecule has 2 saturated heterocycles. The maximum absolute atomic E-state index is 4.60. The van der Waals surface area contributed by atoms with Crippen LogP contribution in [-0.2, 0) is 6.42 Å². The van der Waals surface area contributed by atoms with Crippen LogP contribution in [0.1, 0.15) is 31.9 Å². The molecular weight excluding hydrogens is 218 g/mol. The molecule has 0 bridgehead atoms. The minimum absolute atomic E-state index is 0.637. The van der Waals surface area contributed by atoms with Gasteiger partial charge in [-0.3, -0.25) is 4.90 Å². The summed E-state index contributed by atoms with van der Waals surface area (Å²) < 4.78 is 0. The fourth-order valence-electron chi connectivity index (χ4n) is 2.95. The Morgan fingerprint density at radius 2 is 2.44 bits per heavy atom. The number of hydrogen-bond donors (Lipinski definition) is 1. The molecule has 1 aromatic heterocycles. The van der Waals surface area contributed by atoms with Gasteiger partial charge >= 0.3 is 0 Å². The van der Waals surface area contributed by atoms with Crippen molar-refractivity contribution in [1.29, 1.82) is 0 Å². The molecule has 88 valence electrons. The number of thiazole rings is 1. The van der Waals surface area contributed by atoms with E-state index in [0.717, 1.165) is 17.6 Å². The Hall–Kier alpha value is -0.610. The van der Waals surface area contributed by atoms with Gasteiger partial charge in [0.25, 0.3) is 0 Å². The Bertz CT molecular complexity index is 363. The first kappa shape index (κ1) is 10.5. The van der Waals surface area contributed by atoms with Crippen LogP contribution < -0.4 is 5.32 Å². The minimum atomic E-state index is 0.637. The van der Waals surface area contributed by atoms with Crippen LogP contribution in [0.15, 0.2) is 5.38 Å². The van der Waals surface area contributed by atoms with Crippen LogP contribution in [-0.4, -0.2) is 35.1 Å². The van der Waals surface area contributed by atoms with Gasteiger partial charge in [0.15, 0.2) is 5.13 Å². The summed E-state index contributed by atoms with van der Waals surface area (Å²) in [6.45, 7) is 4.74. The number of rotatable bonds is 3. The maximum atomic E-state index is 4.60. The summed E-state index contributed by atoms with van der Waals surface area (Å²) in [6, 6.07) is 1.41. The van der Waals surface area contributed by atoms with E-state index in [4.69, 9.17) is 0 Å². The van der Waals surface area contributed by atoms with Crippen molar-refractivity contribution in [1.82, 2.24) is 9.88 Å². The van der Waals surface area contributed by atoms with Gasteiger partial charge in [-0.15, -0.1) is 11.3 Å². The van der Waals surface area contributed by atoms with E-state index in [1.807, 2.05) is 0 Å². The number of nitrogens with zero attached hydrogens (tertiary/aromatic N) is 2. The fourth-order valence-corrected chi connectivity index (χ4v) is 3.80. The van der Waals surface area contributed by atoms with Gasteiger partial charge in [0.05, 0.1) is 5.69 Å². The monoisotopic (exact) mass is 237 g/mol. The predicted molar refractivity (Wildman–Crippen MR) is 68.1 cm³/mol. The van der Waals surface area contributed by atoms with Gasteiger partial charge in [-0.1, -0.05) is 6.92 Å². The van der Waals surface area contributed by atoms with Crippen molar-refractivity contribution in [3.8, 4) is 0 Å². The van der Waals surface area contributed by atoms with Crippen molar-refractivity contribution in [3.05, 3.63) is 11.1 Å². The molecule has 3 rings (SSSR count). The number of aromatic nitrogens is 1. The molecule has 2 aliphatic heterocycles. The molecule has 0 saturated carbocycles. The van der Waals surface area contributed by atoms with Crippen LogP contribution in [0.2, 0.25) is 0 Å². The second-order valence-corrected chi connectivity index (χ2v) is 5.64. The highest BCUT2D eigenvalue weighted by Gasteiger charge is 2.37. The van der Waals surface area contributed by atoms with E-state index in [9.17, 15) is 0 Å². The second kappa shape index (κ2) is 4.34. The second-order valence-electron chi connectivity index (χ2n) is 4.78. The Morgan fingerprint density at radius 1 is 1.50 bits per heavy atom. The lowest BCUT2D eigenvalue weighted by Gasteiger charge is -2.20. The molecular formula is C12H19N3S. The molecule has 2 atom stereocenters. The summed E-state index contributed by atoms with van der Waals surface area (Å²) in [5.74, 6) is 0. The number of anilines is 1. The topological polar surface area (TPSA) is 28.2 Å². The van der Waals surface area contributed by atoms with E-state index < -0.39 is 0 Å². The predicted octanol–water partition coefficient (Wildman–Crippen LogP) is 2.35. The van der Waals surface area contributed by atoms with Gasteiger partial charge in [-0.25, -0.2) is 4.98 Å². The summed E-state index contributed by atoms with van der Waals surface area (Å²) in [7, 11) is 0. The van der Waals surface area contributed by atoms with Crippen molar-refractivity contribution in [3.63, 3.8) is 0 Å². The smallest absolute Gasteiger partial charge is 0.183 e. The average molecular weight is 237 g/mol. The summed E-state index contributed by atoms with van der Waals surface area (Å²) in [6.07, 6.45) is 5.06. The molecule has 0 amide bonds. The van der Waals surface area contributed by atoms with Crippen LogP contribution in [0.25, 0.3) is 0 Å². The lowest BCUT2D eigenvalue weighted by Crippen LogP contribution is -2.33. The van der Waals surface area contributed by atoms with Crippen molar-refractivity contribution in [2.24, 2.45) is 0 Å². The zero-order chi connectivity index (χ0) is 11.0. The number of fused-ring (bicyclic) bond motifs is 1. The summed E-state index contributed by atoms with van der Waals surface area (Å²) in [4.78, 5) is 7.23. The zero-order valence-corrected chi connectivity index (χ0v) is 10.6. The summed E-state index contributed by atoms with van der Waals surface area (Å²) in [5.41, 5.74) is 1.22. The maximum Gasteiger partial charge on any atom is 0.183 e. The van der Waals surface area contributed by atoms with Crippen LogP contribution in [0.4, 0.5) is 5.13 Å². The molecule has 2 unspecified atom stereocenters. The number of aryl methyl sites for hydroxylation is 1. The molecule has 1 aromatic rings. The van der Waals surface area contributed by atoms with Crippen LogP contribution >= 0.6 is 11.3 Å². The average Bonchev–Trinajstić information content (AvgIpc) is 2.97. The first-order valence-electron chi connectivity index (χ1n) is 6.32. The molecule has 0 spiro atoms. The van der Waals surface area contributed by atoms with Gasteiger partial charge < -0.3 is 5.32 Å². The van der Waals surface area contributed by atoms with E-state index in [-0.39, 0.29) is 0 Å². The molecule has 0 radical (unpaired) electrons. The standard InChI is InChI=1S/C12H19N3S/c1-2-9-8-16-12(13-9)14-10-5-7-15-6-3-4-11(10)15/h8,10-11H,2-7H2,1H3,(H,13,14). The lowest BCUT2D eigenvalue weighted by molar-refractivity contribution is 0.318. The third-order valence-corrected chi connectivity index (χ3v) is 4.65. The van der Waals surface area contributed by atoms with Crippen molar-refractivity contribution in [2.75, 3.05) is 18.4 Å². The van der Waals surface area contributed by atoms with E-state index in [2.05, 4.69) is 27.5 Å². The first-order valence-corrected chi connectivity index (χ1v) is 7.20. The Labute approximate surface area is 101 Å². The van der Waals surface area contributed by atoms with Gasteiger partial charge in [0.1, 0.15) is 0 Å². The first-order chi connectivity index (χ1) is 7.86. The van der Waals surface area contributed by atoms with E-state index >= 15 is 0 Å². The Morgan fingerprint density at radius 3 is 3.25 bits per heavy atom. The largest absolute Gasteiger partial charge is 0.357 e. The summed E-state index contributed by atoms with van der Waals surface area (Å²) >= 11 is 1.75. The van der Waals surface area contributed by atoms with Gasteiger partial charge in [-0.2, -0.15) is 0 Å². The van der Waals surface area contributed by atoms with Gasteiger partial charge in [0.2, 0.25) is 0 Å². The number of nitrogens with one attached hydrogen (secondary N) is 1. The SMILES string of the molecule is CCc1csc(NC2CCN3CCCC23)n1. The molecule has 3 heterocycles. The van der Waals surface area contributed by atoms with E-state index in [1.54, 1.807) is 11.3 Å². The van der Waals surface area contributed by atoms with Crippen LogP contribution in [0.3, 0.4) is 0 Å². The van der Waals surface area contributed by atoms with E-state index in [0.29, 0.717) is 6.04 Å². The Balaban J connectivity index is 1.66. The summed E-state index contributed by atoms with van der Waals surface area (Å²) in [5, 5.41) is 6.92. The third kappa shape index (κ3) is 1.84. The van der Waals surface area contributed by atoms with Crippen molar-refractivity contribution < 1.29 is 0 Å². The van der Waals surface area contributed by atoms with Crippen LogP contribution in [0, 0.1) is 0 Å². The quantitative estimate of drug-likeness (QED) is 0.874. The van der Waals surface area contributed by atoms with E-state index in [1.165, 1.54) is 38.0 Å². The molecule has 4 heteroatoms. The van der Waals surface area contributed by atoms with Crippen LogP contribution in [0.5, 0.6) is 0 Å². The van der Waals surface area contributed by atoms with Crippen molar-refractivity contribution >= 4 is 16.5 Å². The van der Waals surface area contributed by atoms with Crippen molar-refractivity contribution in [2.45, 2.75) is 44.7 Å². The lowest BCUT2D eigenvalue weighted by atomic mass is 10.1. The highest BCUT2D eigenvalue weighted by molar-refractivity contribution is 7.13. The molecule has 3 nitrogen and oxygen atoms in total.